The van der Waals surface area contributed by atoms with Gasteiger partial charge >= 0.3 is 0 Å². The van der Waals surface area contributed by atoms with Gasteiger partial charge in [0.15, 0.2) is 5.13 Å². The second kappa shape index (κ2) is 6.37. The highest BCUT2D eigenvalue weighted by molar-refractivity contribution is 7.19. The van der Waals surface area contributed by atoms with Crippen molar-refractivity contribution in [1.82, 2.24) is 9.97 Å². The summed E-state index contributed by atoms with van der Waals surface area (Å²) >= 11 is 3.07. The van der Waals surface area contributed by atoms with Gasteiger partial charge in [-0.1, -0.05) is 19.1 Å². The minimum absolute atomic E-state index is 0.185. The molecule has 22 heavy (non-hydrogen) atoms. The van der Waals surface area contributed by atoms with Crippen LogP contribution in [-0.4, -0.2) is 15.9 Å². The Morgan fingerprint density at radius 2 is 2.09 bits per heavy atom. The van der Waals surface area contributed by atoms with Crippen molar-refractivity contribution in [3.63, 3.8) is 0 Å². The number of fused-ring (bicyclic) bond motifs is 1. The third kappa shape index (κ3) is 3.23. The molecule has 2 aromatic heterocycles. The van der Waals surface area contributed by atoms with Gasteiger partial charge in [0.25, 0.3) is 0 Å². The van der Waals surface area contributed by atoms with E-state index < -0.39 is 0 Å². The van der Waals surface area contributed by atoms with Crippen LogP contribution in [0.3, 0.4) is 0 Å². The molecule has 0 aliphatic rings. The van der Waals surface area contributed by atoms with Crippen molar-refractivity contribution < 1.29 is 4.79 Å². The molecule has 0 radical (unpaired) electrons. The van der Waals surface area contributed by atoms with Crippen molar-refractivity contribution in [2.45, 2.75) is 20.3 Å². The predicted octanol–water partition coefficient (Wildman–Crippen LogP) is 4.28. The van der Waals surface area contributed by atoms with Gasteiger partial charge in [0, 0.05) is 11.0 Å². The van der Waals surface area contributed by atoms with Gasteiger partial charge in [-0.3, -0.25) is 10.1 Å². The summed E-state index contributed by atoms with van der Waals surface area (Å²) in [6, 6.07) is 7.93. The molecule has 0 aliphatic carbocycles. The summed E-state index contributed by atoms with van der Waals surface area (Å²) < 4.78 is 1.12. The van der Waals surface area contributed by atoms with Gasteiger partial charge in [-0.15, -0.1) is 22.7 Å². The minimum atomic E-state index is -0.185. The van der Waals surface area contributed by atoms with Crippen LogP contribution in [0.1, 0.15) is 22.5 Å². The summed E-state index contributed by atoms with van der Waals surface area (Å²) in [7, 11) is 0. The quantitative estimate of drug-likeness (QED) is 0.727. The Hall–Kier alpha value is -2.05. The first-order valence-electron chi connectivity index (χ1n) is 6.96. The van der Waals surface area contributed by atoms with E-state index in [4.69, 9.17) is 0 Å². The number of nitrogens with one attached hydrogen (secondary N) is 1. The highest BCUT2D eigenvalue weighted by Crippen LogP contribution is 2.23. The summed E-state index contributed by atoms with van der Waals surface area (Å²) in [4.78, 5) is 22.0. The van der Waals surface area contributed by atoms with Gasteiger partial charge in [0.2, 0.25) is 5.91 Å². The molecule has 3 aromatic rings. The molecule has 0 atom stereocenters. The molecular formula is C16H15N3OS2. The summed E-state index contributed by atoms with van der Waals surface area (Å²) in [5.74, 6) is -0.185. The third-order valence-electron chi connectivity index (χ3n) is 3.15. The van der Waals surface area contributed by atoms with E-state index in [1.165, 1.54) is 17.4 Å². The maximum Gasteiger partial charge on any atom is 0.250 e. The standard InChI is InChI=1S/C16H15N3OS2/c1-3-11-10(2)21-16(18-11)19-14(20)8-9-15-17-12-6-4-5-7-13(12)22-15/h4-9H,3H2,1-2H3,(H,18,19,20)/b9-8+. The van der Waals surface area contributed by atoms with Crippen molar-refractivity contribution in [3.8, 4) is 0 Å². The van der Waals surface area contributed by atoms with E-state index in [0.29, 0.717) is 5.13 Å². The number of hydrogen-bond donors (Lipinski definition) is 1. The molecular weight excluding hydrogens is 314 g/mol. The lowest BCUT2D eigenvalue weighted by Crippen LogP contribution is -2.07. The number of carbonyl (C=O) groups excluding carboxylic acids is 1. The Balaban J connectivity index is 1.70. The molecule has 2 heterocycles. The van der Waals surface area contributed by atoms with Crippen molar-refractivity contribution in [3.05, 3.63) is 45.9 Å². The Kier molecular flexibility index (Phi) is 4.31. The molecule has 112 valence electrons. The molecule has 0 spiro atoms. The largest absolute Gasteiger partial charge is 0.298 e. The van der Waals surface area contributed by atoms with Gasteiger partial charge < -0.3 is 0 Å². The monoisotopic (exact) mass is 329 g/mol. The molecule has 4 nitrogen and oxygen atoms in total. The predicted molar refractivity (Wildman–Crippen MR) is 93.5 cm³/mol. The number of aromatic nitrogens is 2. The van der Waals surface area contributed by atoms with E-state index in [1.807, 2.05) is 31.2 Å². The average molecular weight is 329 g/mol. The Bertz CT molecular complexity index is 815. The zero-order chi connectivity index (χ0) is 15.5. The van der Waals surface area contributed by atoms with Gasteiger partial charge in [-0.25, -0.2) is 9.97 Å². The molecule has 1 aromatic carbocycles. The first kappa shape index (κ1) is 14.9. The number of carbonyl (C=O) groups is 1. The molecule has 0 saturated carbocycles. The number of hydrogen-bond acceptors (Lipinski definition) is 5. The first-order chi connectivity index (χ1) is 10.7. The number of benzene rings is 1. The number of nitrogens with zero attached hydrogens (tertiary/aromatic N) is 2. The van der Waals surface area contributed by atoms with Crippen molar-refractivity contribution in [2.24, 2.45) is 0 Å². The number of anilines is 1. The van der Waals surface area contributed by atoms with E-state index in [9.17, 15) is 4.79 Å². The molecule has 0 saturated heterocycles. The number of rotatable bonds is 4. The fourth-order valence-corrected chi connectivity index (χ4v) is 3.84. The molecule has 0 aliphatic heterocycles. The molecule has 3 rings (SSSR count). The van der Waals surface area contributed by atoms with Crippen LogP contribution in [0, 0.1) is 6.92 Å². The van der Waals surface area contributed by atoms with Crippen LogP contribution in [0.2, 0.25) is 0 Å². The van der Waals surface area contributed by atoms with E-state index >= 15 is 0 Å². The lowest BCUT2D eigenvalue weighted by atomic mass is 10.3. The molecule has 0 bridgehead atoms. The summed E-state index contributed by atoms with van der Waals surface area (Å²) in [6.45, 7) is 4.07. The second-order valence-corrected chi connectivity index (χ2v) is 6.98. The summed E-state index contributed by atoms with van der Waals surface area (Å²) in [5.41, 5.74) is 1.99. The van der Waals surface area contributed by atoms with Gasteiger partial charge in [-0.05, 0) is 31.6 Å². The number of thiazole rings is 2. The third-order valence-corrected chi connectivity index (χ3v) is 5.08. The van der Waals surface area contributed by atoms with Crippen LogP contribution in [0.15, 0.2) is 30.3 Å². The Morgan fingerprint density at radius 1 is 1.27 bits per heavy atom. The molecule has 0 fully saturated rings. The maximum absolute atomic E-state index is 12.0. The smallest absolute Gasteiger partial charge is 0.250 e. The number of amides is 1. The Morgan fingerprint density at radius 3 is 2.82 bits per heavy atom. The zero-order valence-electron chi connectivity index (χ0n) is 12.3. The fourth-order valence-electron chi connectivity index (χ4n) is 2.06. The average Bonchev–Trinajstić information content (AvgIpc) is 3.07. The SMILES string of the molecule is CCc1nc(NC(=O)/C=C/c2nc3ccccc3s2)sc1C. The van der Waals surface area contributed by atoms with E-state index in [1.54, 1.807) is 17.4 Å². The van der Waals surface area contributed by atoms with Gasteiger partial charge in [0.1, 0.15) is 5.01 Å². The van der Waals surface area contributed by atoms with Crippen molar-refractivity contribution in [2.75, 3.05) is 5.32 Å². The summed E-state index contributed by atoms with van der Waals surface area (Å²) in [5, 5.41) is 4.27. The molecule has 1 N–H and O–H groups in total. The lowest BCUT2D eigenvalue weighted by molar-refractivity contribution is -0.111. The molecule has 1 amide bonds. The van der Waals surface area contributed by atoms with Gasteiger partial charge in [-0.2, -0.15) is 0 Å². The highest BCUT2D eigenvalue weighted by atomic mass is 32.1. The van der Waals surface area contributed by atoms with E-state index in [-0.39, 0.29) is 5.91 Å². The fraction of sp³-hybridized carbons (Fsp3) is 0.188. The van der Waals surface area contributed by atoms with E-state index in [0.717, 1.165) is 32.2 Å². The Labute approximate surface area is 136 Å². The topological polar surface area (TPSA) is 54.9 Å². The normalized spacial score (nSPS) is 11.4. The van der Waals surface area contributed by atoms with Crippen LogP contribution < -0.4 is 5.32 Å². The lowest BCUT2D eigenvalue weighted by Gasteiger charge is -1.94. The second-order valence-electron chi connectivity index (χ2n) is 4.72. The van der Waals surface area contributed by atoms with Gasteiger partial charge in [0.05, 0.1) is 15.9 Å². The van der Waals surface area contributed by atoms with Crippen LogP contribution in [0.5, 0.6) is 0 Å². The van der Waals surface area contributed by atoms with E-state index in [2.05, 4.69) is 22.2 Å². The maximum atomic E-state index is 12.0. The van der Waals surface area contributed by atoms with Crippen LogP contribution in [0.25, 0.3) is 16.3 Å². The molecule has 6 heteroatoms. The highest BCUT2D eigenvalue weighted by Gasteiger charge is 2.07. The van der Waals surface area contributed by atoms with Crippen molar-refractivity contribution >= 4 is 50.0 Å². The first-order valence-corrected chi connectivity index (χ1v) is 8.60. The van der Waals surface area contributed by atoms with Crippen LogP contribution in [-0.2, 0) is 11.2 Å². The van der Waals surface area contributed by atoms with Crippen LogP contribution in [0.4, 0.5) is 5.13 Å². The minimum Gasteiger partial charge on any atom is -0.298 e. The summed E-state index contributed by atoms with van der Waals surface area (Å²) in [6.07, 6.45) is 4.11. The molecule has 0 unspecified atom stereocenters. The van der Waals surface area contributed by atoms with Crippen LogP contribution >= 0.6 is 22.7 Å². The zero-order valence-corrected chi connectivity index (χ0v) is 13.9. The number of aryl methyl sites for hydroxylation is 2. The number of para-hydroxylation sites is 1. The van der Waals surface area contributed by atoms with Crippen molar-refractivity contribution in [1.29, 1.82) is 0 Å².